The summed E-state index contributed by atoms with van der Waals surface area (Å²) in [5.41, 5.74) is 1.29. The number of rotatable bonds is 6. The second kappa shape index (κ2) is 8.94. The molecule has 6 nitrogen and oxygen atoms in total. The Morgan fingerprint density at radius 1 is 1.20 bits per heavy atom. The van der Waals surface area contributed by atoms with Crippen LogP contribution in [0.4, 0.5) is 10.5 Å². The predicted molar refractivity (Wildman–Crippen MR) is 95.8 cm³/mol. The van der Waals surface area contributed by atoms with Gasteiger partial charge in [-0.15, -0.1) is 0 Å². The molecule has 0 saturated heterocycles. The standard InChI is InChI=1S/C18H19ClN2O4/c1-2-25-17(23)15(10-12-6-4-3-5-7-12)21-18(24)20-13-8-9-16(22)14(19)11-13/h3-9,11,15,22H,2,10H2,1H3,(H2,20,21,24). The lowest BCUT2D eigenvalue weighted by Crippen LogP contribution is -2.45. The van der Waals surface area contributed by atoms with Gasteiger partial charge in [0.05, 0.1) is 11.6 Å². The number of carbonyl (C=O) groups excluding carboxylic acids is 2. The van der Waals surface area contributed by atoms with Gasteiger partial charge in [0, 0.05) is 12.1 Å². The molecule has 25 heavy (non-hydrogen) atoms. The Labute approximate surface area is 150 Å². The third-order valence-electron chi connectivity index (χ3n) is 3.36. The molecular weight excluding hydrogens is 344 g/mol. The van der Waals surface area contributed by atoms with Crippen molar-refractivity contribution in [1.82, 2.24) is 5.32 Å². The number of phenols is 1. The summed E-state index contributed by atoms with van der Waals surface area (Å²) in [7, 11) is 0. The lowest BCUT2D eigenvalue weighted by atomic mass is 10.1. The van der Waals surface area contributed by atoms with Crippen molar-refractivity contribution in [2.45, 2.75) is 19.4 Å². The second-order valence-electron chi connectivity index (χ2n) is 5.26. The van der Waals surface area contributed by atoms with Crippen LogP contribution in [-0.4, -0.2) is 29.8 Å². The van der Waals surface area contributed by atoms with E-state index in [0.717, 1.165) is 5.56 Å². The van der Waals surface area contributed by atoms with E-state index in [1.807, 2.05) is 30.3 Å². The van der Waals surface area contributed by atoms with E-state index in [1.54, 1.807) is 6.92 Å². The van der Waals surface area contributed by atoms with Gasteiger partial charge in [-0.2, -0.15) is 0 Å². The zero-order valence-corrected chi connectivity index (χ0v) is 14.4. The Balaban J connectivity index is 2.05. The maximum atomic E-state index is 12.2. The fraction of sp³-hybridized carbons (Fsp3) is 0.222. The number of phenolic OH excluding ortho intramolecular Hbond substituents is 1. The maximum absolute atomic E-state index is 12.2. The first-order chi connectivity index (χ1) is 12.0. The predicted octanol–water partition coefficient (Wildman–Crippen LogP) is 3.34. The molecule has 1 unspecified atom stereocenters. The van der Waals surface area contributed by atoms with E-state index in [1.165, 1.54) is 18.2 Å². The molecule has 132 valence electrons. The van der Waals surface area contributed by atoms with Gasteiger partial charge in [-0.3, -0.25) is 0 Å². The number of urea groups is 1. The van der Waals surface area contributed by atoms with E-state index in [9.17, 15) is 14.7 Å². The van der Waals surface area contributed by atoms with Crippen molar-refractivity contribution < 1.29 is 19.4 Å². The first-order valence-electron chi connectivity index (χ1n) is 7.76. The molecule has 1 atom stereocenters. The van der Waals surface area contributed by atoms with Crippen LogP contribution in [0.2, 0.25) is 5.02 Å². The molecule has 0 bridgehead atoms. The van der Waals surface area contributed by atoms with Gasteiger partial charge < -0.3 is 20.5 Å². The Bertz CT molecular complexity index is 737. The van der Waals surface area contributed by atoms with Gasteiger partial charge in [-0.25, -0.2) is 9.59 Å². The molecule has 0 fully saturated rings. The highest BCUT2D eigenvalue weighted by Crippen LogP contribution is 2.25. The van der Waals surface area contributed by atoms with Gasteiger partial charge in [-0.1, -0.05) is 41.9 Å². The third-order valence-corrected chi connectivity index (χ3v) is 3.67. The van der Waals surface area contributed by atoms with Crippen LogP contribution in [0.3, 0.4) is 0 Å². The molecule has 2 aromatic carbocycles. The van der Waals surface area contributed by atoms with Crippen LogP contribution in [0.15, 0.2) is 48.5 Å². The molecule has 0 aliphatic rings. The molecule has 3 N–H and O–H groups in total. The summed E-state index contributed by atoms with van der Waals surface area (Å²) in [4.78, 5) is 24.3. The third kappa shape index (κ3) is 5.69. The zero-order chi connectivity index (χ0) is 18.2. The van der Waals surface area contributed by atoms with Crippen LogP contribution in [0.25, 0.3) is 0 Å². The van der Waals surface area contributed by atoms with Gasteiger partial charge in [0.25, 0.3) is 0 Å². The van der Waals surface area contributed by atoms with Crippen molar-refractivity contribution in [3.05, 3.63) is 59.1 Å². The number of hydrogen-bond acceptors (Lipinski definition) is 4. The van der Waals surface area contributed by atoms with E-state index in [4.69, 9.17) is 16.3 Å². The van der Waals surface area contributed by atoms with Crippen molar-refractivity contribution in [1.29, 1.82) is 0 Å². The molecule has 0 aliphatic carbocycles. The van der Waals surface area contributed by atoms with E-state index in [0.29, 0.717) is 12.1 Å². The molecule has 2 amide bonds. The van der Waals surface area contributed by atoms with Crippen molar-refractivity contribution in [2.24, 2.45) is 0 Å². The van der Waals surface area contributed by atoms with Crippen LogP contribution in [0.5, 0.6) is 5.75 Å². The van der Waals surface area contributed by atoms with Crippen LogP contribution >= 0.6 is 11.6 Å². The minimum Gasteiger partial charge on any atom is -0.506 e. The summed E-state index contributed by atoms with van der Waals surface area (Å²) in [6, 6.07) is 12.2. The molecule has 7 heteroatoms. The average molecular weight is 363 g/mol. The van der Waals surface area contributed by atoms with Gasteiger partial charge >= 0.3 is 12.0 Å². The van der Waals surface area contributed by atoms with E-state index in [2.05, 4.69) is 10.6 Å². The van der Waals surface area contributed by atoms with Gasteiger partial charge in [0.2, 0.25) is 0 Å². The summed E-state index contributed by atoms with van der Waals surface area (Å²) in [6.45, 7) is 1.93. The van der Waals surface area contributed by atoms with Crippen LogP contribution < -0.4 is 10.6 Å². The Morgan fingerprint density at radius 3 is 2.56 bits per heavy atom. The molecule has 2 rings (SSSR count). The number of carbonyl (C=O) groups is 2. The minimum absolute atomic E-state index is 0.0823. The molecule has 0 radical (unpaired) electrons. The van der Waals surface area contributed by atoms with E-state index in [-0.39, 0.29) is 17.4 Å². The Kier molecular flexibility index (Phi) is 6.65. The van der Waals surface area contributed by atoms with E-state index < -0.39 is 18.0 Å². The lowest BCUT2D eigenvalue weighted by molar-refractivity contribution is -0.145. The number of hydrogen-bond donors (Lipinski definition) is 3. The number of nitrogens with one attached hydrogen (secondary N) is 2. The summed E-state index contributed by atoms with van der Waals surface area (Å²) in [5, 5.41) is 14.7. The number of benzene rings is 2. The van der Waals surface area contributed by atoms with Crippen LogP contribution in [0.1, 0.15) is 12.5 Å². The van der Waals surface area contributed by atoms with Crippen molar-refractivity contribution >= 4 is 29.3 Å². The zero-order valence-electron chi connectivity index (χ0n) is 13.7. The quantitative estimate of drug-likeness (QED) is 0.543. The molecule has 0 aromatic heterocycles. The summed E-state index contributed by atoms with van der Waals surface area (Å²) in [6.07, 6.45) is 0.309. The highest BCUT2D eigenvalue weighted by Gasteiger charge is 2.22. The summed E-state index contributed by atoms with van der Waals surface area (Å²) >= 11 is 5.81. The highest BCUT2D eigenvalue weighted by molar-refractivity contribution is 6.32. The fourth-order valence-electron chi connectivity index (χ4n) is 2.20. The second-order valence-corrected chi connectivity index (χ2v) is 5.67. The molecule has 0 spiro atoms. The Morgan fingerprint density at radius 2 is 1.92 bits per heavy atom. The molecule has 2 aromatic rings. The number of ether oxygens (including phenoxy) is 1. The van der Waals surface area contributed by atoms with E-state index >= 15 is 0 Å². The molecule has 0 aliphatic heterocycles. The number of amides is 2. The van der Waals surface area contributed by atoms with Gasteiger partial charge in [-0.05, 0) is 30.7 Å². The minimum atomic E-state index is -0.824. The largest absolute Gasteiger partial charge is 0.506 e. The normalized spacial score (nSPS) is 11.4. The van der Waals surface area contributed by atoms with Gasteiger partial charge in [0.1, 0.15) is 11.8 Å². The SMILES string of the molecule is CCOC(=O)C(Cc1ccccc1)NC(=O)Nc1ccc(O)c(Cl)c1. The highest BCUT2D eigenvalue weighted by atomic mass is 35.5. The van der Waals surface area contributed by atoms with Crippen molar-refractivity contribution in [2.75, 3.05) is 11.9 Å². The monoisotopic (exact) mass is 362 g/mol. The topological polar surface area (TPSA) is 87.7 Å². The number of anilines is 1. The van der Waals surface area contributed by atoms with Crippen LogP contribution in [0, 0.1) is 0 Å². The summed E-state index contributed by atoms with van der Waals surface area (Å²) in [5.74, 6) is -0.591. The first-order valence-corrected chi connectivity index (χ1v) is 8.14. The number of halogens is 1. The number of aromatic hydroxyl groups is 1. The van der Waals surface area contributed by atoms with Crippen molar-refractivity contribution in [3.63, 3.8) is 0 Å². The smallest absolute Gasteiger partial charge is 0.329 e. The van der Waals surface area contributed by atoms with Crippen LogP contribution in [-0.2, 0) is 16.0 Å². The van der Waals surface area contributed by atoms with Gasteiger partial charge in [0.15, 0.2) is 0 Å². The first kappa shape index (κ1) is 18.6. The summed E-state index contributed by atoms with van der Waals surface area (Å²) < 4.78 is 5.03. The van der Waals surface area contributed by atoms with Crippen molar-refractivity contribution in [3.8, 4) is 5.75 Å². The molecular formula is C18H19ClN2O4. The maximum Gasteiger partial charge on any atom is 0.329 e. The molecule has 0 saturated carbocycles. The number of esters is 1. The average Bonchev–Trinajstić information content (AvgIpc) is 2.59. The fourth-order valence-corrected chi connectivity index (χ4v) is 2.38. The lowest BCUT2D eigenvalue weighted by Gasteiger charge is -2.18. The Hall–Kier alpha value is -2.73. The molecule has 0 heterocycles.